The number of piperidine rings is 1. The molecule has 6 nitrogen and oxygen atoms in total. The second-order valence-corrected chi connectivity index (χ2v) is 8.11. The molecule has 0 spiro atoms. The predicted octanol–water partition coefficient (Wildman–Crippen LogP) is 2.73. The highest BCUT2D eigenvalue weighted by Gasteiger charge is 2.40. The van der Waals surface area contributed by atoms with Crippen molar-refractivity contribution < 1.29 is 0 Å². The molecular weight excluding hydrogens is 334 g/mol. The van der Waals surface area contributed by atoms with Crippen molar-refractivity contribution in [3.05, 3.63) is 34.2 Å². The van der Waals surface area contributed by atoms with Crippen LogP contribution >= 0.6 is 11.5 Å². The molecule has 0 aliphatic carbocycles. The Bertz CT molecular complexity index is 814. The van der Waals surface area contributed by atoms with Gasteiger partial charge < -0.3 is 14.4 Å². The van der Waals surface area contributed by atoms with Gasteiger partial charge in [0.2, 0.25) is 11.1 Å². The minimum Gasteiger partial charge on any atom is -0.346 e. The number of hydrogen-bond donors (Lipinski definition) is 0. The maximum absolute atomic E-state index is 12.5. The Kier molecular flexibility index (Phi) is 4.27. The highest BCUT2D eigenvalue weighted by Crippen LogP contribution is 2.44. The van der Waals surface area contributed by atoms with Crippen molar-refractivity contribution in [1.29, 1.82) is 0 Å². The third-order valence-corrected chi connectivity index (χ3v) is 6.23. The second kappa shape index (κ2) is 6.44. The Morgan fingerprint density at radius 2 is 2.16 bits per heavy atom. The van der Waals surface area contributed by atoms with E-state index >= 15 is 0 Å². The number of hydrogen-bond acceptors (Lipinski definition) is 6. The van der Waals surface area contributed by atoms with Gasteiger partial charge in [0, 0.05) is 62.4 Å². The fourth-order valence-electron chi connectivity index (χ4n) is 4.38. The zero-order valence-corrected chi connectivity index (χ0v) is 15.9. The van der Waals surface area contributed by atoms with Gasteiger partial charge in [-0.05, 0) is 24.8 Å². The lowest BCUT2D eigenvalue weighted by Gasteiger charge is -2.47. The first kappa shape index (κ1) is 16.6. The minimum absolute atomic E-state index is 0.157. The Morgan fingerprint density at radius 1 is 1.32 bits per heavy atom. The van der Waals surface area contributed by atoms with Gasteiger partial charge in [0.05, 0.1) is 0 Å². The normalized spacial score (nSPS) is 24.9. The van der Waals surface area contributed by atoms with E-state index in [1.54, 1.807) is 6.07 Å². The summed E-state index contributed by atoms with van der Waals surface area (Å²) in [5.74, 6) is 1.67. The quantitative estimate of drug-likeness (QED) is 0.840. The molecule has 7 heteroatoms. The van der Waals surface area contributed by atoms with E-state index < -0.39 is 0 Å². The molecule has 4 heterocycles. The van der Waals surface area contributed by atoms with Gasteiger partial charge in [-0.3, -0.25) is 4.79 Å². The number of anilines is 2. The Hall–Kier alpha value is -1.89. The first-order chi connectivity index (χ1) is 12.1. The van der Waals surface area contributed by atoms with Crippen molar-refractivity contribution in [3.63, 3.8) is 0 Å². The number of fused-ring (bicyclic) bond motifs is 4. The SMILES string of the molecule is CCC[C@H]1[C@H]2C[C@H](CN(c3nc(N(C)C)ns3)C2)c2cccc(=O)n21. The molecule has 134 valence electrons. The molecule has 0 aromatic carbocycles. The van der Waals surface area contributed by atoms with Crippen LogP contribution in [-0.4, -0.2) is 41.1 Å². The van der Waals surface area contributed by atoms with Gasteiger partial charge in [0.25, 0.3) is 5.56 Å². The van der Waals surface area contributed by atoms with Crippen molar-refractivity contribution in [3.8, 4) is 0 Å². The predicted molar refractivity (Wildman–Crippen MR) is 102 cm³/mol. The van der Waals surface area contributed by atoms with Gasteiger partial charge in [-0.25, -0.2) is 0 Å². The van der Waals surface area contributed by atoms with Gasteiger partial charge in [-0.15, -0.1) is 0 Å². The molecule has 25 heavy (non-hydrogen) atoms. The van der Waals surface area contributed by atoms with E-state index in [1.807, 2.05) is 25.1 Å². The minimum atomic E-state index is 0.157. The van der Waals surface area contributed by atoms with Crippen LogP contribution in [0.5, 0.6) is 0 Å². The maximum Gasteiger partial charge on any atom is 0.250 e. The van der Waals surface area contributed by atoms with Gasteiger partial charge in [0.1, 0.15) is 0 Å². The van der Waals surface area contributed by atoms with Gasteiger partial charge in [-0.1, -0.05) is 19.4 Å². The zero-order chi connectivity index (χ0) is 17.6. The van der Waals surface area contributed by atoms with E-state index in [4.69, 9.17) is 4.98 Å². The smallest absolute Gasteiger partial charge is 0.250 e. The third-order valence-electron chi connectivity index (χ3n) is 5.46. The Balaban J connectivity index is 1.70. The van der Waals surface area contributed by atoms with Crippen LogP contribution in [0.3, 0.4) is 0 Å². The van der Waals surface area contributed by atoms with E-state index in [2.05, 4.69) is 26.8 Å². The molecule has 3 atom stereocenters. The summed E-state index contributed by atoms with van der Waals surface area (Å²) in [5.41, 5.74) is 1.36. The Morgan fingerprint density at radius 3 is 2.88 bits per heavy atom. The molecule has 2 aliphatic rings. The first-order valence-electron chi connectivity index (χ1n) is 9.06. The number of nitrogens with zero attached hydrogens (tertiary/aromatic N) is 5. The van der Waals surface area contributed by atoms with Crippen molar-refractivity contribution in [2.24, 2.45) is 5.92 Å². The highest BCUT2D eigenvalue weighted by molar-refractivity contribution is 7.09. The summed E-state index contributed by atoms with van der Waals surface area (Å²) in [7, 11) is 3.94. The number of pyridine rings is 1. The molecule has 2 aliphatic heterocycles. The molecule has 4 rings (SSSR count). The highest BCUT2D eigenvalue weighted by atomic mass is 32.1. The monoisotopic (exact) mass is 359 g/mol. The molecule has 0 amide bonds. The summed E-state index contributed by atoms with van der Waals surface area (Å²) >= 11 is 1.48. The van der Waals surface area contributed by atoms with Crippen LogP contribution in [0.1, 0.15) is 43.8 Å². The molecule has 0 unspecified atom stereocenters. The van der Waals surface area contributed by atoms with Crippen molar-refractivity contribution in [2.45, 2.75) is 38.1 Å². The van der Waals surface area contributed by atoms with E-state index in [0.717, 1.165) is 37.0 Å². The van der Waals surface area contributed by atoms with E-state index in [-0.39, 0.29) is 5.56 Å². The molecule has 0 radical (unpaired) electrons. The maximum atomic E-state index is 12.5. The molecule has 2 aromatic heterocycles. The second-order valence-electron chi connectivity index (χ2n) is 7.38. The van der Waals surface area contributed by atoms with Crippen LogP contribution in [-0.2, 0) is 0 Å². The van der Waals surface area contributed by atoms with Crippen LogP contribution in [0.15, 0.2) is 23.0 Å². The van der Waals surface area contributed by atoms with E-state index in [0.29, 0.717) is 17.9 Å². The van der Waals surface area contributed by atoms with E-state index in [9.17, 15) is 4.79 Å². The van der Waals surface area contributed by atoms with Crippen LogP contribution in [0.2, 0.25) is 0 Å². The lowest BCUT2D eigenvalue weighted by Crippen LogP contribution is -2.49. The van der Waals surface area contributed by atoms with E-state index in [1.165, 1.54) is 23.6 Å². The summed E-state index contributed by atoms with van der Waals surface area (Å²) in [6.07, 6.45) is 3.32. The Labute approximate surface area is 152 Å². The zero-order valence-electron chi connectivity index (χ0n) is 15.1. The first-order valence-corrected chi connectivity index (χ1v) is 9.83. The van der Waals surface area contributed by atoms with Crippen molar-refractivity contribution >= 4 is 22.6 Å². The third kappa shape index (κ3) is 2.84. The summed E-state index contributed by atoms with van der Waals surface area (Å²) < 4.78 is 6.55. The summed E-state index contributed by atoms with van der Waals surface area (Å²) in [6.45, 7) is 4.08. The number of aromatic nitrogens is 3. The molecule has 1 saturated heterocycles. The molecule has 1 fully saturated rings. The molecule has 0 N–H and O–H groups in total. The number of rotatable bonds is 4. The van der Waals surface area contributed by atoms with Crippen LogP contribution in [0.4, 0.5) is 11.1 Å². The molecular formula is C18H25N5OS. The topological polar surface area (TPSA) is 54.3 Å². The summed E-state index contributed by atoms with van der Waals surface area (Å²) in [6, 6.07) is 6.05. The van der Waals surface area contributed by atoms with Gasteiger partial charge in [-0.2, -0.15) is 9.36 Å². The lowest BCUT2D eigenvalue weighted by atomic mass is 9.77. The van der Waals surface area contributed by atoms with Gasteiger partial charge >= 0.3 is 0 Å². The molecule has 2 aromatic rings. The van der Waals surface area contributed by atoms with Crippen LogP contribution < -0.4 is 15.4 Å². The van der Waals surface area contributed by atoms with Crippen molar-refractivity contribution in [2.75, 3.05) is 37.0 Å². The largest absolute Gasteiger partial charge is 0.346 e. The molecule has 2 bridgehead atoms. The van der Waals surface area contributed by atoms with Crippen LogP contribution in [0, 0.1) is 5.92 Å². The molecule has 0 saturated carbocycles. The van der Waals surface area contributed by atoms with Crippen molar-refractivity contribution in [1.82, 2.24) is 13.9 Å². The lowest BCUT2D eigenvalue weighted by molar-refractivity contribution is 0.202. The fourth-order valence-corrected chi connectivity index (χ4v) is 5.14. The standard InChI is InChI=1S/C18H25N5OS/c1-4-6-14-12-9-13(15-7-5-8-16(24)23(14)15)11-22(10-12)18-19-17(20-25-18)21(2)3/h5,7-8,12-14H,4,6,9-11H2,1-3H3/t12-,13+,14-/m0/s1. The summed E-state index contributed by atoms with van der Waals surface area (Å²) in [4.78, 5) is 21.6. The summed E-state index contributed by atoms with van der Waals surface area (Å²) in [5, 5.41) is 1.00. The fraction of sp³-hybridized carbons (Fsp3) is 0.611. The van der Waals surface area contributed by atoms with Crippen LogP contribution in [0.25, 0.3) is 0 Å². The average Bonchev–Trinajstić information content (AvgIpc) is 3.09. The average molecular weight is 359 g/mol. The van der Waals surface area contributed by atoms with Gasteiger partial charge in [0.15, 0.2) is 0 Å².